The number of benzene rings is 2. The van der Waals surface area contributed by atoms with Gasteiger partial charge in [-0.1, -0.05) is 42.0 Å². The topological polar surface area (TPSA) is 60.2 Å². The zero-order chi connectivity index (χ0) is 14.5. The van der Waals surface area contributed by atoms with Gasteiger partial charge in [0.05, 0.1) is 4.92 Å². The van der Waals surface area contributed by atoms with Crippen LogP contribution >= 0.6 is 0 Å². The molecule has 0 amide bonds. The molecule has 20 heavy (non-hydrogen) atoms. The molecule has 2 aromatic carbocycles. The first-order valence-electron chi connectivity index (χ1n) is 6.35. The van der Waals surface area contributed by atoms with Gasteiger partial charge in [0.1, 0.15) is 5.78 Å². The van der Waals surface area contributed by atoms with Gasteiger partial charge in [-0.15, -0.1) is 0 Å². The average Bonchev–Trinajstić information content (AvgIpc) is 2.38. The van der Waals surface area contributed by atoms with E-state index in [4.69, 9.17) is 0 Å². The van der Waals surface area contributed by atoms with Crippen LogP contribution in [0.25, 0.3) is 0 Å². The van der Waals surface area contributed by atoms with Crippen LogP contribution in [0.1, 0.15) is 16.7 Å². The Balaban J connectivity index is 2.04. The molecule has 0 aliphatic rings. The summed E-state index contributed by atoms with van der Waals surface area (Å²) < 4.78 is 0. The summed E-state index contributed by atoms with van der Waals surface area (Å²) in [5, 5.41) is 10.7. The number of aryl methyl sites for hydroxylation is 1. The molecule has 0 aliphatic carbocycles. The van der Waals surface area contributed by atoms with Crippen LogP contribution in [0.3, 0.4) is 0 Å². The van der Waals surface area contributed by atoms with E-state index >= 15 is 0 Å². The van der Waals surface area contributed by atoms with E-state index in [0.717, 1.165) is 11.1 Å². The number of hydrogen-bond donors (Lipinski definition) is 0. The Morgan fingerprint density at radius 2 is 1.65 bits per heavy atom. The molecular formula is C16H15NO3. The van der Waals surface area contributed by atoms with Crippen molar-refractivity contribution < 1.29 is 9.72 Å². The van der Waals surface area contributed by atoms with Gasteiger partial charge in [0, 0.05) is 25.0 Å². The van der Waals surface area contributed by atoms with Crippen LogP contribution < -0.4 is 0 Å². The van der Waals surface area contributed by atoms with Gasteiger partial charge in [0.2, 0.25) is 0 Å². The average molecular weight is 269 g/mol. The first kappa shape index (κ1) is 13.9. The van der Waals surface area contributed by atoms with Gasteiger partial charge < -0.3 is 0 Å². The third-order valence-electron chi connectivity index (χ3n) is 3.01. The molecule has 0 unspecified atom stereocenters. The van der Waals surface area contributed by atoms with Crippen LogP contribution in [0.15, 0.2) is 48.5 Å². The third kappa shape index (κ3) is 3.75. The molecule has 0 spiro atoms. The Kier molecular flexibility index (Phi) is 4.25. The normalized spacial score (nSPS) is 10.2. The van der Waals surface area contributed by atoms with Gasteiger partial charge in [-0.3, -0.25) is 14.9 Å². The SMILES string of the molecule is Cc1cccc(CC(=O)Cc2cccc([N+](=O)[O-])c2)c1. The summed E-state index contributed by atoms with van der Waals surface area (Å²) in [5.41, 5.74) is 2.79. The lowest BCUT2D eigenvalue weighted by molar-refractivity contribution is -0.384. The van der Waals surface area contributed by atoms with Crippen molar-refractivity contribution in [2.75, 3.05) is 0 Å². The smallest absolute Gasteiger partial charge is 0.269 e. The van der Waals surface area contributed by atoms with E-state index in [1.807, 2.05) is 31.2 Å². The summed E-state index contributed by atoms with van der Waals surface area (Å²) in [5.74, 6) is 0.0519. The number of nitro benzene ring substituents is 1. The van der Waals surface area contributed by atoms with Crippen LogP contribution in [0.5, 0.6) is 0 Å². The minimum atomic E-state index is -0.450. The Bertz CT molecular complexity index is 650. The number of carbonyl (C=O) groups is 1. The van der Waals surface area contributed by atoms with Gasteiger partial charge in [-0.2, -0.15) is 0 Å². The zero-order valence-electron chi connectivity index (χ0n) is 11.2. The summed E-state index contributed by atoms with van der Waals surface area (Å²) in [4.78, 5) is 22.2. The summed E-state index contributed by atoms with van der Waals surface area (Å²) in [6.45, 7) is 1.98. The van der Waals surface area contributed by atoms with Crippen LogP contribution in [-0.4, -0.2) is 10.7 Å². The van der Waals surface area contributed by atoms with Crippen molar-refractivity contribution >= 4 is 11.5 Å². The molecule has 0 atom stereocenters. The molecule has 0 aliphatic heterocycles. The van der Waals surface area contributed by atoms with E-state index in [1.165, 1.54) is 12.1 Å². The summed E-state index contributed by atoms with van der Waals surface area (Å²) >= 11 is 0. The lowest BCUT2D eigenvalue weighted by atomic mass is 10.0. The maximum absolute atomic E-state index is 12.0. The summed E-state index contributed by atoms with van der Waals surface area (Å²) in [6, 6.07) is 14.0. The Labute approximate surface area is 117 Å². The van der Waals surface area contributed by atoms with E-state index in [1.54, 1.807) is 12.1 Å². The number of nitro groups is 1. The summed E-state index contributed by atoms with van der Waals surface area (Å²) in [6.07, 6.45) is 0.569. The lowest BCUT2D eigenvalue weighted by Crippen LogP contribution is -2.07. The predicted molar refractivity (Wildman–Crippen MR) is 76.7 cm³/mol. The molecule has 0 saturated heterocycles. The predicted octanol–water partition coefficient (Wildman–Crippen LogP) is 3.26. The minimum Gasteiger partial charge on any atom is -0.299 e. The lowest BCUT2D eigenvalue weighted by Gasteiger charge is -2.03. The molecule has 0 saturated carbocycles. The van der Waals surface area contributed by atoms with E-state index in [-0.39, 0.29) is 17.9 Å². The number of ketones is 1. The first-order valence-corrected chi connectivity index (χ1v) is 6.35. The standard InChI is InChI=1S/C16H15NO3/c1-12-4-2-5-13(8-12)10-16(18)11-14-6-3-7-15(9-14)17(19)20/h2-9H,10-11H2,1H3. The third-order valence-corrected chi connectivity index (χ3v) is 3.01. The van der Waals surface area contributed by atoms with E-state index in [2.05, 4.69) is 0 Å². The zero-order valence-corrected chi connectivity index (χ0v) is 11.2. The van der Waals surface area contributed by atoms with Crippen LogP contribution in [0, 0.1) is 17.0 Å². The highest BCUT2D eigenvalue weighted by Gasteiger charge is 2.09. The Morgan fingerprint density at radius 1 is 1.05 bits per heavy atom. The molecule has 2 aromatic rings. The van der Waals surface area contributed by atoms with Crippen molar-refractivity contribution in [3.63, 3.8) is 0 Å². The molecular weight excluding hydrogens is 254 g/mol. The van der Waals surface area contributed by atoms with Crippen molar-refractivity contribution in [3.05, 3.63) is 75.3 Å². The van der Waals surface area contributed by atoms with E-state index in [9.17, 15) is 14.9 Å². The second kappa shape index (κ2) is 6.10. The number of rotatable bonds is 5. The number of hydrogen-bond acceptors (Lipinski definition) is 3. The summed E-state index contributed by atoms with van der Waals surface area (Å²) in [7, 11) is 0. The Morgan fingerprint density at radius 3 is 2.25 bits per heavy atom. The molecule has 0 bridgehead atoms. The Hall–Kier alpha value is -2.49. The van der Waals surface area contributed by atoms with Crippen LogP contribution in [0.4, 0.5) is 5.69 Å². The number of Topliss-reactive ketones (excluding diaryl/α,β-unsaturated/α-hetero) is 1. The van der Waals surface area contributed by atoms with Crippen LogP contribution in [0.2, 0.25) is 0 Å². The van der Waals surface area contributed by atoms with Gasteiger partial charge >= 0.3 is 0 Å². The number of non-ortho nitro benzene ring substituents is 1. The maximum atomic E-state index is 12.0. The van der Waals surface area contributed by atoms with Gasteiger partial charge in [0.25, 0.3) is 5.69 Å². The molecule has 0 aromatic heterocycles. The van der Waals surface area contributed by atoms with Crippen molar-refractivity contribution in [1.82, 2.24) is 0 Å². The van der Waals surface area contributed by atoms with Crippen LogP contribution in [-0.2, 0) is 17.6 Å². The molecule has 0 fully saturated rings. The van der Waals surface area contributed by atoms with Gasteiger partial charge in [0.15, 0.2) is 0 Å². The maximum Gasteiger partial charge on any atom is 0.269 e. The molecule has 0 heterocycles. The number of nitrogens with zero attached hydrogens (tertiary/aromatic N) is 1. The molecule has 0 radical (unpaired) electrons. The molecule has 4 nitrogen and oxygen atoms in total. The second-order valence-electron chi connectivity index (χ2n) is 4.81. The fourth-order valence-electron chi connectivity index (χ4n) is 2.12. The first-order chi connectivity index (χ1) is 9.54. The highest BCUT2D eigenvalue weighted by atomic mass is 16.6. The number of carbonyl (C=O) groups excluding carboxylic acids is 1. The fraction of sp³-hybridized carbons (Fsp3) is 0.188. The molecule has 2 rings (SSSR count). The van der Waals surface area contributed by atoms with Gasteiger partial charge in [-0.25, -0.2) is 0 Å². The van der Waals surface area contributed by atoms with Crippen molar-refractivity contribution in [2.24, 2.45) is 0 Å². The quantitative estimate of drug-likeness (QED) is 0.618. The molecule has 102 valence electrons. The van der Waals surface area contributed by atoms with E-state index < -0.39 is 4.92 Å². The minimum absolute atomic E-state index is 0.0193. The van der Waals surface area contributed by atoms with Gasteiger partial charge in [-0.05, 0) is 18.1 Å². The highest BCUT2D eigenvalue weighted by Crippen LogP contribution is 2.14. The van der Waals surface area contributed by atoms with Crippen molar-refractivity contribution in [2.45, 2.75) is 19.8 Å². The van der Waals surface area contributed by atoms with E-state index in [0.29, 0.717) is 12.0 Å². The highest BCUT2D eigenvalue weighted by molar-refractivity contribution is 5.83. The monoisotopic (exact) mass is 269 g/mol. The second-order valence-corrected chi connectivity index (χ2v) is 4.81. The fourth-order valence-corrected chi connectivity index (χ4v) is 2.12. The van der Waals surface area contributed by atoms with Crippen molar-refractivity contribution in [1.29, 1.82) is 0 Å². The van der Waals surface area contributed by atoms with Crippen molar-refractivity contribution in [3.8, 4) is 0 Å². The molecule has 0 N–H and O–H groups in total. The molecule has 4 heteroatoms. The largest absolute Gasteiger partial charge is 0.299 e.